The van der Waals surface area contributed by atoms with Crippen LogP contribution in [0.2, 0.25) is 0 Å². The summed E-state index contributed by atoms with van der Waals surface area (Å²) in [5.41, 5.74) is -0.672. The molecule has 0 aliphatic carbocycles. The van der Waals surface area contributed by atoms with Crippen molar-refractivity contribution in [3.05, 3.63) is 11.1 Å². The van der Waals surface area contributed by atoms with Crippen molar-refractivity contribution in [1.29, 1.82) is 0 Å². The molecule has 0 aliphatic heterocycles. The van der Waals surface area contributed by atoms with Gasteiger partial charge >= 0.3 is 0 Å². The molecule has 5 nitrogen and oxygen atoms in total. The Balaban J connectivity index is 2.69. The maximum atomic E-state index is 12.4. The number of anilines is 1. The molecule has 0 radical (unpaired) electrons. The number of hydrogen-bond acceptors (Lipinski definition) is 4. The number of aryl methyl sites for hydroxylation is 1. The fraction of sp³-hybridized carbons (Fsp3) is 0.643. The Morgan fingerprint density at radius 2 is 2.14 bits per heavy atom. The molecule has 1 rings (SSSR count). The molecule has 0 fully saturated rings. The highest BCUT2D eigenvalue weighted by molar-refractivity contribution is 7.15. The fourth-order valence-electron chi connectivity index (χ4n) is 1.75. The van der Waals surface area contributed by atoms with E-state index in [9.17, 15) is 9.59 Å². The first-order valence-electron chi connectivity index (χ1n) is 6.87. The molecule has 21 heavy (non-hydrogen) atoms. The van der Waals surface area contributed by atoms with Gasteiger partial charge in [-0.3, -0.25) is 9.59 Å². The molecule has 0 saturated heterocycles. The van der Waals surface area contributed by atoms with Gasteiger partial charge in [0.25, 0.3) is 0 Å². The van der Waals surface area contributed by atoms with E-state index in [1.165, 1.54) is 11.3 Å². The molecule has 1 aromatic heterocycles. The van der Waals surface area contributed by atoms with Crippen LogP contribution < -0.4 is 5.32 Å². The second-order valence-corrected chi connectivity index (χ2v) is 7.07. The van der Waals surface area contributed by atoms with Crippen LogP contribution in [0.3, 0.4) is 0 Å². The molecule has 1 heterocycles. The molecule has 0 atom stereocenters. The molecule has 2 amide bonds. The SMILES string of the molecule is CCCN(CC(=O)Nc1ncc(C)s1)C(=O)C(C)(C)CCl. The Hall–Kier alpha value is -1.14. The van der Waals surface area contributed by atoms with E-state index < -0.39 is 5.41 Å². The van der Waals surface area contributed by atoms with E-state index >= 15 is 0 Å². The topological polar surface area (TPSA) is 62.3 Å². The Labute approximate surface area is 134 Å². The fourth-order valence-corrected chi connectivity index (χ4v) is 2.55. The molecule has 0 spiro atoms. The molecule has 0 bridgehead atoms. The summed E-state index contributed by atoms with van der Waals surface area (Å²) in [4.78, 5) is 31.1. The third-order valence-corrected chi connectivity index (χ3v) is 4.39. The standard InChI is InChI=1S/C14H22ClN3O2S/c1-5-6-18(12(20)14(3,4)9-15)8-11(19)17-13-16-7-10(2)21-13/h7H,5-6,8-9H2,1-4H3,(H,16,17,19). The zero-order valence-corrected chi connectivity index (χ0v) is 14.5. The lowest BCUT2D eigenvalue weighted by Crippen LogP contribution is -2.45. The number of carbonyl (C=O) groups is 2. The van der Waals surface area contributed by atoms with Gasteiger partial charge in [-0.15, -0.1) is 22.9 Å². The summed E-state index contributed by atoms with van der Waals surface area (Å²) in [5, 5.41) is 3.27. The molecule has 0 aromatic carbocycles. The van der Waals surface area contributed by atoms with Crippen LogP contribution in [0.5, 0.6) is 0 Å². The maximum absolute atomic E-state index is 12.4. The molecule has 1 N–H and O–H groups in total. The van der Waals surface area contributed by atoms with Gasteiger partial charge in [0.2, 0.25) is 11.8 Å². The predicted molar refractivity (Wildman–Crippen MR) is 86.9 cm³/mol. The van der Waals surface area contributed by atoms with Gasteiger partial charge in [0.15, 0.2) is 5.13 Å². The minimum absolute atomic E-state index is 0.0195. The Morgan fingerprint density at radius 3 is 2.62 bits per heavy atom. The summed E-state index contributed by atoms with van der Waals surface area (Å²) in [6.07, 6.45) is 2.49. The van der Waals surface area contributed by atoms with E-state index in [4.69, 9.17) is 11.6 Å². The summed E-state index contributed by atoms with van der Waals surface area (Å²) >= 11 is 7.25. The third kappa shape index (κ3) is 5.28. The molecule has 0 aliphatic rings. The van der Waals surface area contributed by atoms with Crippen LogP contribution in [0.15, 0.2) is 6.20 Å². The lowest BCUT2D eigenvalue weighted by Gasteiger charge is -2.29. The predicted octanol–water partition coefficient (Wildman–Crippen LogP) is 2.89. The summed E-state index contributed by atoms with van der Waals surface area (Å²) in [5.74, 6) is -0.124. The van der Waals surface area contributed by atoms with Crippen molar-refractivity contribution in [3.8, 4) is 0 Å². The van der Waals surface area contributed by atoms with E-state index in [0.717, 1.165) is 11.3 Å². The Bertz CT molecular complexity index is 502. The maximum Gasteiger partial charge on any atom is 0.245 e. The highest BCUT2D eigenvalue weighted by Crippen LogP contribution is 2.21. The second kappa shape index (κ2) is 7.75. The lowest BCUT2D eigenvalue weighted by molar-refractivity contribution is -0.141. The van der Waals surface area contributed by atoms with Gasteiger partial charge in [0, 0.05) is 23.5 Å². The number of thiazole rings is 1. The summed E-state index contributed by atoms with van der Waals surface area (Å²) in [6.45, 7) is 8.01. The van der Waals surface area contributed by atoms with Crippen LogP contribution in [0, 0.1) is 12.3 Å². The molecule has 7 heteroatoms. The van der Waals surface area contributed by atoms with Gasteiger partial charge in [0.05, 0.1) is 12.0 Å². The summed E-state index contributed by atoms with van der Waals surface area (Å²) in [7, 11) is 0. The molecule has 1 aromatic rings. The first-order valence-corrected chi connectivity index (χ1v) is 8.23. The van der Waals surface area contributed by atoms with Crippen LogP contribution in [-0.4, -0.2) is 40.7 Å². The highest BCUT2D eigenvalue weighted by Gasteiger charge is 2.31. The van der Waals surface area contributed by atoms with Gasteiger partial charge in [-0.25, -0.2) is 4.98 Å². The number of aromatic nitrogens is 1. The normalized spacial score (nSPS) is 11.3. The summed E-state index contributed by atoms with van der Waals surface area (Å²) < 4.78 is 0. The molecular formula is C14H22ClN3O2S. The van der Waals surface area contributed by atoms with Crippen LogP contribution in [0.25, 0.3) is 0 Å². The number of carbonyl (C=O) groups excluding carboxylic acids is 2. The zero-order valence-electron chi connectivity index (χ0n) is 12.9. The molecule has 0 unspecified atom stereocenters. The van der Waals surface area contributed by atoms with Crippen molar-refractivity contribution in [1.82, 2.24) is 9.88 Å². The smallest absolute Gasteiger partial charge is 0.245 e. The number of alkyl halides is 1. The van der Waals surface area contributed by atoms with E-state index in [-0.39, 0.29) is 24.2 Å². The minimum Gasteiger partial charge on any atom is -0.333 e. The first-order chi connectivity index (χ1) is 9.80. The lowest BCUT2D eigenvalue weighted by atomic mass is 9.94. The number of rotatable bonds is 7. The monoisotopic (exact) mass is 331 g/mol. The van der Waals surface area contributed by atoms with Gasteiger partial charge in [0.1, 0.15) is 0 Å². The van der Waals surface area contributed by atoms with Gasteiger partial charge in [-0.1, -0.05) is 6.92 Å². The van der Waals surface area contributed by atoms with Crippen molar-refractivity contribution in [3.63, 3.8) is 0 Å². The Morgan fingerprint density at radius 1 is 1.48 bits per heavy atom. The van der Waals surface area contributed by atoms with E-state index in [1.807, 2.05) is 13.8 Å². The first kappa shape index (κ1) is 17.9. The van der Waals surface area contributed by atoms with Gasteiger partial charge in [-0.05, 0) is 27.2 Å². The van der Waals surface area contributed by atoms with Gasteiger partial charge < -0.3 is 10.2 Å². The average Bonchev–Trinajstić information content (AvgIpc) is 2.82. The van der Waals surface area contributed by atoms with Crippen molar-refractivity contribution in [2.24, 2.45) is 5.41 Å². The summed E-state index contributed by atoms with van der Waals surface area (Å²) in [6, 6.07) is 0. The average molecular weight is 332 g/mol. The number of hydrogen-bond donors (Lipinski definition) is 1. The number of halogens is 1. The van der Waals surface area contributed by atoms with Crippen molar-refractivity contribution in [2.75, 3.05) is 24.3 Å². The minimum atomic E-state index is -0.672. The van der Waals surface area contributed by atoms with Crippen LogP contribution in [0.4, 0.5) is 5.13 Å². The molecule has 118 valence electrons. The zero-order chi connectivity index (χ0) is 16.0. The van der Waals surface area contributed by atoms with Crippen LogP contribution in [-0.2, 0) is 9.59 Å². The molecule has 0 saturated carbocycles. The number of amides is 2. The third-order valence-electron chi connectivity index (χ3n) is 2.90. The van der Waals surface area contributed by atoms with E-state index in [1.54, 1.807) is 24.9 Å². The number of nitrogens with one attached hydrogen (secondary N) is 1. The molecular weight excluding hydrogens is 310 g/mol. The number of nitrogens with zero attached hydrogens (tertiary/aromatic N) is 2. The van der Waals surface area contributed by atoms with Crippen molar-refractivity contribution in [2.45, 2.75) is 34.1 Å². The largest absolute Gasteiger partial charge is 0.333 e. The van der Waals surface area contributed by atoms with Crippen molar-refractivity contribution >= 4 is 39.9 Å². The van der Waals surface area contributed by atoms with E-state index in [2.05, 4.69) is 10.3 Å². The quantitative estimate of drug-likeness (QED) is 0.781. The highest BCUT2D eigenvalue weighted by atomic mass is 35.5. The van der Waals surface area contributed by atoms with E-state index in [0.29, 0.717) is 11.7 Å². The van der Waals surface area contributed by atoms with Crippen LogP contribution >= 0.6 is 22.9 Å². The second-order valence-electron chi connectivity index (χ2n) is 5.57. The van der Waals surface area contributed by atoms with Gasteiger partial charge in [-0.2, -0.15) is 0 Å². The Kier molecular flexibility index (Phi) is 6.61. The van der Waals surface area contributed by atoms with Crippen LogP contribution in [0.1, 0.15) is 32.1 Å². The van der Waals surface area contributed by atoms with Crippen molar-refractivity contribution < 1.29 is 9.59 Å².